The molecule has 0 fully saturated rings. The van der Waals surface area contributed by atoms with Gasteiger partial charge in [-0.15, -0.1) is 11.3 Å². The van der Waals surface area contributed by atoms with Crippen molar-refractivity contribution in [2.24, 2.45) is 0 Å². The number of hydrogen-bond donors (Lipinski definition) is 0. The second-order valence-electron chi connectivity index (χ2n) is 6.21. The van der Waals surface area contributed by atoms with Gasteiger partial charge in [0.25, 0.3) is 0 Å². The lowest BCUT2D eigenvalue weighted by molar-refractivity contribution is 1.11. The minimum Gasteiger partial charge on any atom is -0.278 e. The molecule has 7 rings (SSSR count). The Hall–Kier alpha value is -3.63. The van der Waals surface area contributed by atoms with Crippen LogP contribution in [-0.2, 0) is 0 Å². The number of fused-ring (bicyclic) bond motifs is 8. The topological polar surface area (TPSA) is 22.2 Å². The Labute approximate surface area is 191 Å². The third kappa shape index (κ3) is 1.99. The van der Waals surface area contributed by atoms with Crippen LogP contribution in [0.4, 0.5) is 0 Å². The normalized spacial score (nSPS) is 19.4. The predicted octanol–water partition coefficient (Wildman–Crippen LogP) is 6.80. The first kappa shape index (κ1) is 7.01. The highest BCUT2D eigenvalue weighted by atomic mass is 32.1. The number of imidazole rings is 2. The first-order valence-corrected chi connectivity index (χ1v) is 9.26. The van der Waals surface area contributed by atoms with Crippen molar-refractivity contribution in [3.63, 3.8) is 0 Å². The van der Waals surface area contributed by atoms with Gasteiger partial charge in [0.05, 0.1) is 42.6 Å². The van der Waals surface area contributed by atoms with Gasteiger partial charge in [0.15, 0.2) is 0 Å². The third-order valence-corrected chi connectivity index (χ3v) is 5.70. The van der Waals surface area contributed by atoms with Crippen molar-refractivity contribution in [2.45, 2.75) is 0 Å². The summed E-state index contributed by atoms with van der Waals surface area (Å²) in [4.78, 5) is 4.41. The summed E-state index contributed by atoms with van der Waals surface area (Å²) >= 11 is 0.833. The Balaban J connectivity index is 1.82. The summed E-state index contributed by atoms with van der Waals surface area (Å²) < 4.78 is 130. The van der Waals surface area contributed by atoms with E-state index in [1.54, 1.807) is 0 Å². The number of aromatic nitrogens is 3. The van der Waals surface area contributed by atoms with Crippen molar-refractivity contribution in [3.05, 3.63) is 90.6 Å². The van der Waals surface area contributed by atoms with Crippen molar-refractivity contribution >= 4 is 59.4 Å². The van der Waals surface area contributed by atoms with E-state index in [0.29, 0.717) is 0 Å². The van der Waals surface area contributed by atoms with Gasteiger partial charge < -0.3 is 0 Å². The first-order chi connectivity index (χ1) is 20.6. The second-order valence-corrected chi connectivity index (χ2v) is 7.23. The van der Waals surface area contributed by atoms with Crippen LogP contribution >= 0.6 is 11.3 Å². The van der Waals surface area contributed by atoms with Gasteiger partial charge in [0, 0.05) is 25.9 Å². The van der Waals surface area contributed by atoms with Gasteiger partial charge in [-0.3, -0.25) is 8.97 Å². The van der Waals surface area contributed by atoms with Crippen molar-refractivity contribution in [1.29, 1.82) is 0 Å². The fourth-order valence-electron chi connectivity index (χ4n) is 3.49. The van der Waals surface area contributed by atoms with Crippen molar-refractivity contribution < 1.29 is 20.6 Å². The summed E-state index contributed by atoms with van der Waals surface area (Å²) in [5.74, 6) is -0.267. The third-order valence-electron chi connectivity index (χ3n) is 4.68. The van der Waals surface area contributed by atoms with E-state index >= 15 is 0 Å². The quantitative estimate of drug-likeness (QED) is 0.295. The molecule has 4 aromatic carbocycles. The van der Waals surface area contributed by atoms with Gasteiger partial charge in [-0.05, 0) is 48.3 Å². The summed E-state index contributed by atoms with van der Waals surface area (Å²) in [6, 6.07) is -8.08. The van der Waals surface area contributed by atoms with Crippen molar-refractivity contribution in [2.75, 3.05) is 0 Å². The number of nitrogens with zero attached hydrogens (tertiary/aromatic N) is 3. The van der Waals surface area contributed by atoms with Gasteiger partial charge in [0.1, 0.15) is 0 Å². The molecule has 0 aliphatic heterocycles. The highest BCUT2D eigenvalue weighted by Gasteiger charge is 2.17. The van der Waals surface area contributed by atoms with Gasteiger partial charge in [-0.25, -0.2) is 4.98 Å². The minimum atomic E-state index is -0.656. The van der Waals surface area contributed by atoms with Crippen LogP contribution in [0.5, 0.6) is 0 Å². The molecule has 3 nitrogen and oxygen atoms in total. The van der Waals surface area contributed by atoms with Crippen LogP contribution in [0.15, 0.2) is 90.6 Å². The van der Waals surface area contributed by atoms with E-state index in [0.717, 1.165) is 20.3 Å². The number of para-hydroxylation sites is 4. The zero-order valence-corrected chi connectivity index (χ0v) is 15.1. The Morgan fingerprint density at radius 2 is 1.41 bits per heavy atom. The molecule has 0 saturated heterocycles. The van der Waals surface area contributed by atoms with Crippen molar-refractivity contribution in [3.8, 4) is 5.69 Å². The maximum Gasteiger partial charge on any atom is 0.220 e. The molecule has 3 heterocycles. The molecule has 0 spiro atoms. The van der Waals surface area contributed by atoms with E-state index in [1.807, 2.05) is 0 Å². The highest BCUT2D eigenvalue weighted by molar-refractivity contribution is 7.25. The Kier molecular flexibility index (Phi) is 1.32. The zero-order valence-electron chi connectivity index (χ0n) is 29.2. The van der Waals surface area contributed by atoms with Crippen LogP contribution in [0.3, 0.4) is 0 Å². The minimum absolute atomic E-state index is 0.0433. The van der Waals surface area contributed by atoms with Gasteiger partial charge in [0.2, 0.25) is 5.78 Å². The Bertz CT molecular complexity index is 2510. The number of benzene rings is 4. The molecular formula is C25H15N3S. The molecule has 0 amide bonds. The lowest BCUT2D eigenvalue weighted by Crippen LogP contribution is -1.94. The maximum atomic E-state index is 9.27. The molecule has 7 aromatic rings. The summed E-state index contributed by atoms with van der Waals surface area (Å²) in [6.45, 7) is 0. The molecule has 136 valence electrons. The molecule has 0 aliphatic rings. The lowest BCUT2D eigenvalue weighted by Gasteiger charge is -2.05. The molecule has 4 heteroatoms. The molecule has 3 aromatic heterocycles. The number of rotatable bonds is 1. The molecule has 0 aliphatic carbocycles. The largest absolute Gasteiger partial charge is 0.278 e. The van der Waals surface area contributed by atoms with Crippen LogP contribution in [0.25, 0.3) is 53.7 Å². The summed E-state index contributed by atoms with van der Waals surface area (Å²) in [6.07, 6.45) is 0. The fraction of sp³-hybridized carbons (Fsp3) is 0. The fourth-order valence-corrected chi connectivity index (χ4v) is 4.41. The van der Waals surface area contributed by atoms with Crippen LogP contribution in [0, 0.1) is 0 Å². The molecule has 0 radical (unpaired) electrons. The summed E-state index contributed by atoms with van der Waals surface area (Å²) in [7, 11) is 0. The standard InChI is InChI=1S/C25H15N3S/c1-6-12-23-17(7-1)18-15-16(13-14-24(18)29-23)27-21-10-4-5-11-22(21)28-20-9-3-2-8-19(20)26-25(27)28/h1-15H/i1D,2D,3D,4D,5D,6D,7D,8D,9D,10D,11D,12D,13D,14D,15D. The van der Waals surface area contributed by atoms with E-state index in [1.165, 1.54) is 0 Å². The predicted molar refractivity (Wildman–Crippen MR) is 122 cm³/mol. The molecule has 0 N–H and O–H groups in total. The summed E-state index contributed by atoms with van der Waals surface area (Å²) in [5, 5.41) is -0.104. The Morgan fingerprint density at radius 1 is 0.690 bits per heavy atom. The van der Waals surface area contributed by atoms with Gasteiger partial charge in [-0.1, -0.05) is 42.3 Å². The average Bonchev–Trinajstić information content (AvgIpc) is 3.68. The summed E-state index contributed by atoms with van der Waals surface area (Å²) in [5.41, 5.74) is -1.31. The molecule has 0 unspecified atom stereocenters. The number of hydrogen-bond acceptors (Lipinski definition) is 2. The zero-order chi connectivity index (χ0) is 32.0. The maximum absolute atomic E-state index is 9.27. The second kappa shape index (κ2) is 5.46. The average molecular weight is 405 g/mol. The van der Waals surface area contributed by atoms with E-state index in [2.05, 4.69) is 4.98 Å². The molecule has 29 heavy (non-hydrogen) atoms. The van der Waals surface area contributed by atoms with Gasteiger partial charge in [-0.2, -0.15) is 0 Å². The molecule has 0 bridgehead atoms. The van der Waals surface area contributed by atoms with Crippen LogP contribution < -0.4 is 0 Å². The van der Waals surface area contributed by atoms with Crippen LogP contribution in [0.1, 0.15) is 20.6 Å². The van der Waals surface area contributed by atoms with E-state index in [4.69, 9.17) is 19.2 Å². The smallest absolute Gasteiger partial charge is 0.220 e. The number of thiophene rings is 1. The van der Waals surface area contributed by atoms with E-state index in [-0.39, 0.29) is 59.7 Å². The SMILES string of the molecule is [2H]c1c([2H])c([2H])c2c(nc3n(-c4c([2H])c([2H])c5sc6c([2H])c([2H])c([2H])c([2H])c6c5c4[2H])c4c([2H])c([2H])c([2H])c([2H])c4n23)c1[2H]. The first-order valence-electron chi connectivity index (χ1n) is 15.9. The Morgan fingerprint density at radius 3 is 2.34 bits per heavy atom. The molecular weight excluding hydrogens is 374 g/mol. The molecule has 0 saturated carbocycles. The highest BCUT2D eigenvalue weighted by Crippen LogP contribution is 2.36. The van der Waals surface area contributed by atoms with Crippen LogP contribution in [-0.4, -0.2) is 14.0 Å². The van der Waals surface area contributed by atoms with E-state index < -0.39 is 84.6 Å². The van der Waals surface area contributed by atoms with Crippen molar-refractivity contribution in [1.82, 2.24) is 14.0 Å². The van der Waals surface area contributed by atoms with E-state index in [9.17, 15) is 1.37 Å². The molecule has 0 atom stereocenters. The van der Waals surface area contributed by atoms with Gasteiger partial charge >= 0.3 is 0 Å². The van der Waals surface area contributed by atoms with Crippen LogP contribution in [0.2, 0.25) is 0 Å². The lowest BCUT2D eigenvalue weighted by atomic mass is 10.1. The monoisotopic (exact) mass is 404 g/mol.